The van der Waals surface area contributed by atoms with Crippen LogP contribution >= 0.6 is 7.82 Å². The number of esters is 2. The smallest absolute Gasteiger partial charge is 0.462 e. The van der Waals surface area contributed by atoms with Crippen LogP contribution in [0.25, 0.3) is 0 Å². The van der Waals surface area contributed by atoms with Crippen LogP contribution in [0.2, 0.25) is 0 Å². The number of phosphoric ester groups is 1. The summed E-state index contributed by atoms with van der Waals surface area (Å²) in [6, 6.07) is 0. The number of unbranched alkanes of at least 4 members (excludes halogenated alkanes) is 16. The second-order valence-corrected chi connectivity index (χ2v) is 11.8. The lowest BCUT2D eigenvalue weighted by Gasteiger charge is -2.18. The Balaban J connectivity index is 4.00. The van der Waals surface area contributed by atoms with Crippen LogP contribution in [-0.4, -0.2) is 53.5 Å². The fourth-order valence-corrected chi connectivity index (χ4v) is 4.64. The minimum atomic E-state index is -4.75. The number of rotatable bonds is 28. The van der Waals surface area contributed by atoms with E-state index in [1.807, 2.05) is 0 Å². The maximum absolute atomic E-state index is 12.2. The molecule has 0 saturated heterocycles. The number of nitrogens with one attached hydrogen (secondary N) is 1. The number of ether oxygens (including phenoxy) is 2. The summed E-state index contributed by atoms with van der Waals surface area (Å²) in [6.07, 6.45) is 18.8. The molecule has 0 heterocycles. The highest BCUT2D eigenvalue weighted by Crippen LogP contribution is 2.35. The van der Waals surface area contributed by atoms with E-state index in [0.29, 0.717) is 12.8 Å². The molecule has 0 saturated carbocycles. The molecule has 0 fully saturated rings. The number of phosphoric acid groups is 1. The van der Waals surface area contributed by atoms with Crippen LogP contribution in [0.15, 0.2) is 0 Å². The summed E-state index contributed by atoms with van der Waals surface area (Å²) in [6.45, 7) is 3.61. The van der Waals surface area contributed by atoms with E-state index in [1.54, 1.807) is 0 Å². The SMILES string of the molecule is CCCCCCCCCCCC(=O)O[C@@H](COC(=O)CCCCCCCCCCCNC(C)=O)COP(=O)(O)O. The fraction of sp³-hybridized carbons (Fsp3) is 0.897. The van der Waals surface area contributed by atoms with Gasteiger partial charge in [0.25, 0.3) is 0 Å². The van der Waals surface area contributed by atoms with Gasteiger partial charge in [0, 0.05) is 26.3 Å². The Hall–Kier alpha value is -1.48. The van der Waals surface area contributed by atoms with Crippen molar-refractivity contribution in [2.45, 2.75) is 148 Å². The first-order valence-corrected chi connectivity index (χ1v) is 17.0. The molecule has 3 N–H and O–H groups in total. The van der Waals surface area contributed by atoms with E-state index < -0.39 is 32.5 Å². The van der Waals surface area contributed by atoms with Gasteiger partial charge in [-0.25, -0.2) is 4.57 Å². The molecule has 11 heteroatoms. The molecule has 0 aromatic carbocycles. The summed E-state index contributed by atoms with van der Waals surface area (Å²) in [7, 11) is -4.75. The molecule has 0 aromatic rings. The maximum Gasteiger partial charge on any atom is 0.469 e. The zero-order valence-electron chi connectivity index (χ0n) is 25.0. The molecule has 0 aliphatic heterocycles. The quantitative estimate of drug-likeness (QED) is 0.0524. The molecule has 1 atom stereocenters. The lowest BCUT2D eigenvalue weighted by atomic mass is 10.1. The van der Waals surface area contributed by atoms with Gasteiger partial charge in [-0.05, 0) is 19.3 Å². The van der Waals surface area contributed by atoms with Crippen molar-refractivity contribution in [3.8, 4) is 0 Å². The van der Waals surface area contributed by atoms with Gasteiger partial charge in [-0.1, -0.05) is 103 Å². The van der Waals surface area contributed by atoms with E-state index in [-0.39, 0.29) is 25.4 Å². The molecule has 10 nitrogen and oxygen atoms in total. The summed E-state index contributed by atoms with van der Waals surface area (Å²) in [5, 5.41) is 2.80. The van der Waals surface area contributed by atoms with Crippen LogP contribution < -0.4 is 5.32 Å². The number of carbonyl (C=O) groups excluding carboxylic acids is 3. The molecule has 0 aromatic heterocycles. The maximum atomic E-state index is 12.2. The van der Waals surface area contributed by atoms with E-state index in [2.05, 4.69) is 16.8 Å². The molecular weight excluding hydrogens is 537 g/mol. The highest BCUT2D eigenvalue weighted by molar-refractivity contribution is 7.46. The zero-order valence-corrected chi connectivity index (χ0v) is 25.9. The number of hydrogen-bond acceptors (Lipinski definition) is 7. The van der Waals surface area contributed by atoms with Crippen LogP contribution in [0.3, 0.4) is 0 Å². The molecule has 1 amide bonds. The minimum absolute atomic E-state index is 0.0145. The highest BCUT2D eigenvalue weighted by atomic mass is 31.2. The average Bonchev–Trinajstić information content (AvgIpc) is 2.89. The molecule has 40 heavy (non-hydrogen) atoms. The molecule has 0 aliphatic carbocycles. The minimum Gasteiger partial charge on any atom is -0.462 e. The number of hydrogen-bond donors (Lipinski definition) is 3. The van der Waals surface area contributed by atoms with Crippen molar-refractivity contribution < 1.29 is 42.7 Å². The molecule has 0 rings (SSSR count). The Morgan fingerprint density at radius 2 is 1.12 bits per heavy atom. The van der Waals surface area contributed by atoms with Crippen molar-refractivity contribution in [2.75, 3.05) is 19.8 Å². The Labute approximate surface area is 241 Å². The molecule has 0 radical (unpaired) electrons. The van der Waals surface area contributed by atoms with Crippen molar-refractivity contribution in [1.82, 2.24) is 5.32 Å². The van der Waals surface area contributed by atoms with Crippen molar-refractivity contribution in [3.63, 3.8) is 0 Å². The first-order chi connectivity index (χ1) is 19.1. The molecule has 0 bridgehead atoms. The average molecular weight is 594 g/mol. The van der Waals surface area contributed by atoms with Gasteiger partial charge < -0.3 is 24.6 Å². The predicted octanol–water partition coefficient (Wildman–Crippen LogP) is 6.51. The standard InChI is InChI=1S/C29H56NO9P/c1-3-4-5-6-7-9-13-16-19-22-29(33)39-27(25-38-40(34,35)36)24-37-28(32)21-18-15-12-10-8-11-14-17-20-23-30-26(2)31/h27H,3-25H2,1-2H3,(H,30,31)(H2,34,35,36)/t27-/m0/s1. The van der Waals surface area contributed by atoms with Crippen LogP contribution in [-0.2, 0) is 32.9 Å². The van der Waals surface area contributed by atoms with Gasteiger partial charge >= 0.3 is 19.8 Å². The van der Waals surface area contributed by atoms with Gasteiger partial charge in [0.2, 0.25) is 5.91 Å². The van der Waals surface area contributed by atoms with Crippen LogP contribution in [0.4, 0.5) is 0 Å². The zero-order chi connectivity index (χ0) is 29.9. The van der Waals surface area contributed by atoms with Gasteiger partial charge in [-0.3, -0.25) is 18.9 Å². The Bertz CT molecular complexity index is 699. The van der Waals surface area contributed by atoms with Gasteiger partial charge in [-0.15, -0.1) is 0 Å². The first kappa shape index (κ1) is 38.5. The van der Waals surface area contributed by atoms with Crippen molar-refractivity contribution in [3.05, 3.63) is 0 Å². The molecule has 0 unspecified atom stereocenters. The number of amides is 1. The normalized spacial score (nSPS) is 12.2. The summed E-state index contributed by atoms with van der Waals surface area (Å²) in [5.74, 6) is -0.915. The van der Waals surface area contributed by atoms with Crippen molar-refractivity contribution in [1.29, 1.82) is 0 Å². The first-order valence-electron chi connectivity index (χ1n) is 15.4. The van der Waals surface area contributed by atoms with Crippen LogP contribution in [0.5, 0.6) is 0 Å². The topological polar surface area (TPSA) is 148 Å². The van der Waals surface area contributed by atoms with Gasteiger partial charge in [0.1, 0.15) is 6.61 Å². The van der Waals surface area contributed by atoms with E-state index in [4.69, 9.17) is 19.3 Å². The van der Waals surface area contributed by atoms with Crippen molar-refractivity contribution in [2.24, 2.45) is 0 Å². The Morgan fingerprint density at radius 3 is 1.60 bits per heavy atom. The fourth-order valence-electron chi connectivity index (χ4n) is 4.28. The van der Waals surface area contributed by atoms with Gasteiger partial charge in [0.15, 0.2) is 6.10 Å². The predicted molar refractivity (Wildman–Crippen MR) is 156 cm³/mol. The van der Waals surface area contributed by atoms with Gasteiger partial charge in [0.05, 0.1) is 6.61 Å². The largest absolute Gasteiger partial charge is 0.469 e. The van der Waals surface area contributed by atoms with E-state index >= 15 is 0 Å². The second-order valence-electron chi connectivity index (χ2n) is 10.6. The van der Waals surface area contributed by atoms with E-state index in [9.17, 15) is 18.9 Å². The summed E-state index contributed by atoms with van der Waals surface area (Å²) >= 11 is 0. The highest BCUT2D eigenvalue weighted by Gasteiger charge is 2.22. The third kappa shape index (κ3) is 29.5. The second kappa shape index (κ2) is 26.4. The molecular formula is C29H56NO9P. The summed E-state index contributed by atoms with van der Waals surface area (Å²) in [5.41, 5.74) is 0. The lowest BCUT2D eigenvalue weighted by Crippen LogP contribution is -2.29. The number of carbonyl (C=O) groups is 3. The summed E-state index contributed by atoms with van der Waals surface area (Å²) < 4.78 is 26.0. The Morgan fingerprint density at radius 1 is 0.675 bits per heavy atom. The monoisotopic (exact) mass is 593 g/mol. The van der Waals surface area contributed by atoms with Crippen LogP contribution in [0.1, 0.15) is 142 Å². The molecule has 236 valence electrons. The van der Waals surface area contributed by atoms with Crippen LogP contribution in [0, 0.1) is 0 Å². The lowest BCUT2D eigenvalue weighted by molar-refractivity contribution is -0.161. The third-order valence-corrected chi connectivity index (χ3v) is 7.06. The Kier molecular flexibility index (Phi) is 25.4. The van der Waals surface area contributed by atoms with E-state index in [1.165, 1.54) is 39.0 Å². The van der Waals surface area contributed by atoms with Gasteiger partial charge in [-0.2, -0.15) is 0 Å². The van der Waals surface area contributed by atoms with Crippen molar-refractivity contribution >= 4 is 25.7 Å². The molecule has 0 aliphatic rings. The third-order valence-electron chi connectivity index (χ3n) is 6.57. The molecule has 0 spiro atoms. The summed E-state index contributed by atoms with van der Waals surface area (Å²) in [4.78, 5) is 53.1. The van der Waals surface area contributed by atoms with E-state index in [0.717, 1.165) is 77.2 Å².